The van der Waals surface area contributed by atoms with Gasteiger partial charge in [0.2, 0.25) is 0 Å². The molecule has 0 N–H and O–H groups in total. The third-order valence-corrected chi connectivity index (χ3v) is 3.88. The molecule has 21 heavy (non-hydrogen) atoms. The summed E-state index contributed by atoms with van der Waals surface area (Å²) in [7, 11) is 1.55. The largest absolute Gasteiger partial charge is 0.497 e. The highest BCUT2D eigenvalue weighted by atomic mass is 35.5. The second kappa shape index (κ2) is 5.42. The van der Waals surface area contributed by atoms with E-state index in [9.17, 15) is 4.79 Å². The number of hydrogen-bond donors (Lipinski definition) is 0. The van der Waals surface area contributed by atoms with Crippen LogP contribution in [0, 0.1) is 0 Å². The molecule has 0 aliphatic heterocycles. The summed E-state index contributed by atoms with van der Waals surface area (Å²) in [6.07, 6.45) is 1.52. The lowest BCUT2D eigenvalue weighted by atomic mass is 10.1. The standard InChI is InChI=1S/C14H10Cl2N2O3/c1-20-9-2-3-10-8(4-12(19)21-11(10)5-9)6-18-7-17-13(15)14(18)16/h2-5,7H,6H2,1H3. The van der Waals surface area contributed by atoms with Crippen LogP contribution in [0.2, 0.25) is 10.3 Å². The second-order valence-electron chi connectivity index (χ2n) is 4.41. The van der Waals surface area contributed by atoms with Gasteiger partial charge in [-0.15, -0.1) is 0 Å². The van der Waals surface area contributed by atoms with E-state index in [4.69, 9.17) is 32.4 Å². The molecular weight excluding hydrogens is 315 g/mol. The molecule has 0 atom stereocenters. The van der Waals surface area contributed by atoms with Crippen molar-refractivity contribution in [2.45, 2.75) is 6.54 Å². The first-order valence-electron chi connectivity index (χ1n) is 6.05. The molecule has 2 heterocycles. The lowest BCUT2D eigenvalue weighted by Gasteiger charge is -2.08. The fourth-order valence-corrected chi connectivity index (χ4v) is 2.41. The zero-order valence-corrected chi connectivity index (χ0v) is 12.5. The first-order valence-corrected chi connectivity index (χ1v) is 6.81. The Morgan fingerprint density at radius 2 is 2.14 bits per heavy atom. The van der Waals surface area contributed by atoms with E-state index < -0.39 is 5.63 Å². The lowest BCUT2D eigenvalue weighted by Crippen LogP contribution is -2.05. The number of benzene rings is 1. The molecule has 0 saturated carbocycles. The Hall–Kier alpha value is -1.98. The summed E-state index contributed by atoms with van der Waals surface area (Å²) < 4.78 is 12.0. The molecule has 3 aromatic rings. The minimum Gasteiger partial charge on any atom is -0.497 e. The van der Waals surface area contributed by atoms with E-state index in [-0.39, 0.29) is 5.15 Å². The van der Waals surface area contributed by atoms with Crippen LogP contribution in [-0.4, -0.2) is 16.7 Å². The van der Waals surface area contributed by atoms with E-state index in [0.717, 1.165) is 10.9 Å². The second-order valence-corrected chi connectivity index (χ2v) is 5.12. The number of imidazole rings is 1. The van der Waals surface area contributed by atoms with Crippen molar-refractivity contribution in [3.05, 3.63) is 56.9 Å². The molecule has 0 unspecified atom stereocenters. The zero-order valence-electron chi connectivity index (χ0n) is 11.0. The van der Waals surface area contributed by atoms with Crippen molar-refractivity contribution in [2.75, 3.05) is 7.11 Å². The number of nitrogens with zero attached hydrogens (tertiary/aromatic N) is 2. The quantitative estimate of drug-likeness (QED) is 0.693. The highest BCUT2D eigenvalue weighted by Gasteiger charge is 2.11. The SMILES string of the molecule is COc1ccc2c(Cn3cnc(Cl)c3Cl)cc(=O)oc2c1. The van der Waals surface area contributed by atoms with Crippen LogP contribution in [0.25, 0.3) is 11.0 Å². The minimum atomic E-state index is -0.437. The summed E-state index contributed by atoms with van der Waals surface area (Å²) in [6.45, 7) is 0.368. The number of aromatic nitrogens is 2. The van der Waals surface area contributed by atoms with E-state index in [2.05, 4.69) is 4.98 Å². The monoisotopic (exact) mass is 324 g/mol. The summed E-state index contributed by atoms with van der Waals surface area (Å²) in [4.78, 5) is 15.6. The topological polar surface area (TPSA) is 57.3 Å². The Kier molecular flexibility index (Phi) is 3.61. The predicted octanol–water partition coefficient (Wildman–Crippen LogP) is 3.35. The molecule has 0 aliphatic rings. The number of rotatable bonds is 3. The van der Waals surface area contributed by atoms with Gasteiger partial charge in [0, 0.05) is 17.5 Å². The van der Waals surface area contributed by atoms with Gasteiger partial charge in [-0.1, -0.05) is 23.2 Å². The van der Waals surface area contributed by atoms with Gasteiger partial charge in [-0.25, -0.2) is 9.78 Å². The Bertz CT molecular complexity index is 870. The van der Waals surface area contributed by atoms with Crippen molar-refractivity contribution in [2.24, 2.45) is 0 Å². The third kappa shape index (κ3) is 2.62. The number of hydrogen-bond acceptors (Lipinski definition) is 4. The number of methoxy groups -OCH3 is 1. The fourth-order valence-electron chi connectivity index (χ4n) is 2.10. The first-order chi connectivity index (χ1) is 10.1. The lowest BCUT2D eigenvalue weighted by molar-refractivity contribution is 0.414. The summed E-state index contributed by atoms with van der Waals surface area (Å²) >= 11 is 11.9. The van der Waals surface area contributed by atoms with Gasteiger partial charge in [0.25, 0.3) is 0 Å². The molecule has 1 aromatic carbocycles. The van der Waals surface area contributed by atoms with Crippen LogP contribution in [0.4, 0.5) is 0 Å². The molecule has 0 radical (unpaired) electrons. The minimum absolute atomic E-state index is 0.227. The van der Waals surface area contributed by atoms with Crippen molar-refractivity contribution in [3.8, 4) is 5.75 Å². The van der Waals surface area contributed by atoms with Crippen molar-refractivity contribution in [1.82, 2.24) is 9.55 Å². The average molecular weight is 325 g/mol. The van der Waals surface area contributed by atoms with Crippen molar-refractivity contribution >= 4 is 34.2 Å². The van der Waals surface area contributed by atoms with Crippen molar-refractivity contribution in [3.63, 3.8) is 0 Å². The van der Waals surface area contributed by atoms with Gasteiger partial charge in [0.05, 0.1) is 20.0 Å². The maximum Gasteiger partial charge on any atom is 0.336 e. The molecule has 3 rings (SSSR count). The van der Waals surface area contributed by atoms with E-state index in [1.165, 1.54) is 12.4 Å². The molecule has 0 spiro atoms. The molecule has 5 nitrogen and oxygen atoms in total. The predicted molar refractivity (Wildman–Crippen MR) is 80.4 cm³/mol. The van der Waals surface area contributed by atoms with Gasteiger partial charge in [-0.3, -0.25) is 0 Å². The number of halogens is 2. The van der Waals surface area contributed by atoms with Crippen molar-refractivity contribution in [1.29, 1.82) is 0 Å². The van der Waals surface area contributed by atoms with Crippen LogP contribution in [0.5, 0.6) is 5.75 Å². The molecule has 0 fully saturated rings. The van der Waals surface area contributed by atoms with E-state index in [0.29, 0.717) is 23.0 Å². The van der Waals surface area contributed by atoms with Gasteiger partial charge in [-0.2, -0.15) is 0 Å². The average Bonchev–Trinajstić information content (AvgIpc) is 2.78. The smallest absolute Gasteiger partial charge is 0.336 e. The summed E-state index contributed by atoms with van der Waals surface area (Å²) in [5.74, 6) is 0.617. The van der Waals surface area contributed by atoms with Crippen LogP contribution >= 0.6 is 23.2 Å². The number of ether oxygens (including phenoxy) is 1. The highest BCUT2D eigenvalue weighted by molar-refractivity contribution is 6.40. The van der Waals surface area contributed by atoms with Crippen LogP contribution in [-0.2, 0) is 6.54 Å². The molecule has 7 heteroatoms. The Morgan fingerprint density at radius 3 is 2.81 bits per heavy atom. The Morgan fingerprint density at radius 1 is 1.33 bits per heavy atom. The van der Waals surface area contributed by atoms with E-state index >= 15 is 0 Å². The first kappa shape index (κ1) is 14.0. The maximum atomic E-state index is 11.7. The maximum absolute atomic E-state index is 11.7. The zero-order chi connectivity index (χ0) is 15.0. The van der Waals surface area contributed by atoms with E-state index in [1.54, 1.807) is 23.8 Å². The van der Waals surface area contributed by atoms with Gasteiger partial charge >= 0.3 is 5.63 Å². The third-order valence-electron chi connectivity index (χ3n) is 3.11. The highest BCUT2D eigenvalue weighted by Crippen LogP contribution is 2.25. The molecular formula is C14H10Cl2N2O3. The van der Waals surface area contributed by atoms with Crippen LogP contribution in [0.15, 0.2) is 39.8 Å². The Labute approximate surface area is 129 Å². The summed E-state index contributed by atoms with van der Waals surface area (Å²) in [6, 6.07) is 6.73. The number of fused-ring (bicyclic) bond motifs is 1. The molecule has 108 valence electrons. The van der Waals surface area contributed by atoms with E-state index in [1.807, 2.05) is 6.07 Å². The van der Waals surface area contributed by atoms with Crippen LogP contribution in [0.3, 0.4) is 0 Å². The van der Waals surface area contributed by atoms with Gasteiger partial charge < -0.3 is 13.7 Å². The van der Waals surface area contributed by atoms with Gasteiger partial charge in [0.15, 0.2) is 5.15 Å². The van der Waals surface area contributed by atoms with Gasteiger partial charge in [0.1, 0.15) is 16.5 Å². The molecule has 2 aromatic heterocycles. The molecule has 0 aliphatic carbocycles. The van der Waals surface area contributed by atoms with Crippen molar-refractivity contribution < 1.29 is 9.15 Å². The van der Waals surface area contributed by atoms with Gasteiger partial charge in [-0.05, 0) is 17.7 Å². The van der Waals surface area contributed by atoms with Crippen LogP contribution in [0.1, 0.15) is 5.56 Å². The molecule has 0 amide bonds. The molecule has 0 bridgehead atoms. The summed E-state index contributed by atoms with van der Waals surface area (Å²) in [5, 5.41) is 1.36. The molecule has 0 saturated heterocycles. The Balaban J connectivity index is 2.13. The van der Waals surface area contributed by atoms with Crippen LogP contribution < -0.4 is 10.4 Å². The summed E-state index contributed by atoms with van der Waals surface area (Å²) in [5.41, 5.74) is 0.784. The fraction of sp³-hybridized carbons (Fsp3) is 0.143. The normalized spacial score (nSPS) is 11.0.